The molecule has 1 unspecified atom stereocenters. The minimum absolute atomic E-state index is 0.00545. The van der Waals surface area contributed by atoms with Gasteiger partial charge in [0.2, 0.25) is 5.91 Å². The number of amides is 1. The summed E-state index contributed by atoms with van der Waals surface area (Å²) in [6.07, 6.45) is 4.92. The van der Waals surface area contributed by atoms with Crippen LogP contribution in [0.4, 0.5) is 0 Å². The molecule has 168 valence electrons. The van der Waals surface area contributed by atoms with Crippen molar-refractivity contribution in [3.63, 3.8) is 0 Å². The van der Waals surface area contributed by atoms with Gasteiger partial charge in [-0.1, -0.05) is 72.4 Å². The van der Waals surface area contributed by atoms with E-state index in [0.717, 1.165) is 47.0 Å². The first-order chi connectivity index (χ1) is 16.1. The number of benzene rings is 2. The number of carbonyl (C=O) groups excluding carboxylic acids is 1. The summed E-state index contributed by atoms with van der Waals surface area (Å²) in [6.45, 7) is 0.499. The second-order valence-electron chi connectivity index (χ2n) is 8.29. The summed E-state index contributed by atoms with van der Waals surface area (Å²) in [5.41, 5.74) is 8.93. The van der Waals surface area contributed by atoms with Crippen molar-refractivity contribution < 1.29 is 4.79 Å². The molecule has 0 radical (unpaired) electrons. The molecule has 1 aliphatic carbocycles. The Bertz CT molecular complexity index is 1350. The average Bonchev–Trinajstić information content (AvgIpc) is 3.21. The van der Waals surface area contributed by atoms with Gasteiger partial charge >= 0.3 is 0 Å². The van der Waals surface area contributed by atoms with Crippen molar-refractivity contribution in [3.05, 3.63) is 92.6 Å². The molecule has 33 heavy (non-hydrogen) atoms. The van der Waals surface area contributed by atoms with Crippen LogP contribution in [-0.4, -0.2) is 15.5 Å². The fourth-order valence-electron chi connectivity index (χ4n) is 4.42. The molecular weight excluding hydrogens is 450 g/mol. The first-order valence-electron chi connectivity index (χ1n) is 11.2. The molecule has 2 N–H and O–H groups in total. The molecule has 2 aromatic heterocycles. The van der Waals surface area contributed by atoms with E-state index in [2.05, 4.69) is 12.1 Å². The Morgan fingerprint density at radius 3 is 2.48 bits per heavy atom. The quantitative estimate of drug-likeness (QED) is 0.305. The van der Waals surface area contributed by atoms with Crippen LogP contribution in [0.3, 0.4) is 0 Å². The fourth-order valence-corrected chi connectivity index (χ4v) is 6.79. The van der Waals surface area contributed by atoms with E-state index in [4.69, 9.17) is 10.7 Å². The molecule has 1 aliphatic rings. The molecule has 0 aliphatic heterocycles. The maximum atomic E-state index is 13.8. The Morgan fingerprint density at radius 2 is 1.76 bits per heavy atom. The SMILES string of the molecule is NC(=O)C(Sc1nc2sc3c(c2c(=O)n1CCc1ccccc1)CCCC3)c1ccccc1. The first-order valence-corrected chi connectivity index (χ1v) is 12.9. The van der Waals surface area contributed by atoms with E-state index in [-0.39, 0.29) is 5.56 Å². The topological polar surface area (TPSA) is 78.0 Å². The van der Waals surface area contributed by atoms with Gasteiger partial charge < -0.3 is 5.73 Å². The van der Waals surface area contributed by atoms with Crippen LogP contribution in [0.15, 0.2) is 70.6 Å². The largest absolute Gasteiger partial charge is 0.368 e. The highest BCUT2D eigenvalue weighted by Gasteiger charge is 2.26. The van der Waals surface area contributed by atoms with E-state index in [1.807, 2.05) is 48.5 Å². The number of hydrogen-bond acceptors (Lipinski definition) is 5. The van der Waals surface area contributed by atoms with Gasteiger partial charge in [-0.05, 0) is 48.8 Å². The summed E-state index contributed by atoms with van der Waals surface area (Å²) in [5.74, 6) is -0.444. The van der Waals surface area contributed by atoms with Crippen LogP contribution in [-0.2, 0) is 30.6 Å². The summed E-state index contributed by atoms with van der Waals surface area (Å²) in [7, 11) is 0. The monoisotopic (exact) mass is 475 g/mol. The summed E-state index contributed by atoms with van der Waals surface area (Å²) in [6, 6.07) is 19.6. The van der Waals surface area contributed by atoms with E-state index in [1.54, 1.807) is 15.9 Å². The van der Waals surface area contributed by atoms with E-state index < -0.39 is 11.2 Å². The summed E-state index contributed by atoms with van der Waals surface area (Å²) >= 11 is 2.90. The lowest BCUT2D eigenvalue weighted by Crippen LogP contribution is -2.26. The Kier molecular flexibility index (Phi) is 6.33. The predicted molar refractivity (Wildman–Crippen MR) is 135 cm³/mol. The molecule has 1 amide bonds. The number of nitrogens with zero attached hydrogens (tertiary/aromatic N) is 2. The molecule has 0 fully saturated rings. The number of thiophene rings is 1. The molecule has 0 bridgehead atoms. The zero-order chi connectivity index (χ0) is 22.8. The van der Waals surface area contributed by atoms with Crippen LogP contribution in [0.2, 0.25) is 0 Å². The molecule has 1 atom stereocenters. The third-order valence-electron chi connectivity index (χ3n) is 6.09. The van der Waals surface area contributed by atoms with Crippen molar-refractivity contribution in [2.24, 2.45) is 5.73 Å². The molecule has 2 heterocycles. The van der Waals surface area contributed by atoms with E-state index in [9.17, 15) is 9.59 Å². The standard InChI is InChI=1S/C26H25N3O2S2/c27-23(30)22(18-11-5-2-6-12-18)33-26-28-24-21(19-13-7-8-14-20(19)32-24)25(31)29(26)16-15-17-9-3-1-4-10-17/h1-6,9-12,22H,7-8,13-16H2,(H2,27,30). The molecule has 2 aromatic carbocycles. The number of hydrogen-bond donors (Lipinski definition) is 1. The summed E-state index contributed by atoms with van der Waals surface area (Å²) in [5, 5.41) is 0.699. The van der Waals surface area contributed by atoms with Gasteiger partial charge in [-0.3, -0.25) is 14.2 Å². The van der Waals surface area contributed by atoms with Gasteiger partial charge in [-0.15, -0.1) is 11.3 Å². The van der Waals surface area contributed by atoms with Crippen LogP contribution >= 0.6 is 23.1 Å². The molecule has 0 spiro atoms. The van der Waals surface area contributed by atoms with Crippen LogP contribution in [0.25, 0.3) is 10.2 Å². The first kappa shape index (κ1) is 21.9. The van der Waals surface area contributed by atoms with Crippen molar-refractivity contribution >= 4 is 39.2 Å². The molecule has 5 rings (SSSR count). The van der Waals surface area contributed by atoms with Crippen LogP contribution in [0.5, 0.6) is 0 Å². The lowest BCUT2D eigenvalue weighted by atomic mass is 9.97. The number of primary amides is 1. The Morgan fingerprint density at radius 1 is 1.06 bits per heavy atom. The second-order valence-corrected chi connectivity index (χ2v) is 10.4. The molecule has 5 nitrogen and oxygen atoms in total. The van der Waals surface area contributed by atoms with E-state index >= 15 is 0 Å². The minimum atomic E-state index is -0.617. The normalized spacial score (nSPS) is 14.2. The van der Waals surface area contributed by atoms with Gasteiger partial charge in [-0.25, -0.2) is 4.98 Å². The molecule has 7 heteroatoms. The van der Waals surface area contributed by atoms with Gasteiger partial charge in [-0.2, -0.15) is 0 Å². The third kappa shape index (κ3) is 4.48. The number of rotatable bonds is 7. The number of nitrogens with two attached hydrogens (primary N) is 1. The highest BCUT2D eigenvalue weighted by Crippen LogP contribution is 2.38. The van der Waals surface area contributed by atoms with Crippen LogP contribution < -0.4 is 11.3 Å². The number of aromatic nitrogens is 2. The number of carbonyl (C=O) groups is 1. The van der Waals surface area contributed by atoms with Crippen molar-refractivity contribution in [2.75, 3.05) is 0 Å². The number of fused-ring (bicyclic) bond motifs is 3. The van der Waals surface area contributed by atoms with Gasteiger partial charge in [0.05, 0.1) is 5.39 Å². The maximum absolute atomic E-state index is 13.8. The van der Waals surface area contributed by atoms with Gasteiger partial charge in [0.1, 0.15) is 10.1 Å². The second kappa shape index (κ2) is 9.53. The van der Waals surface area contributed by atoms with Crippen molar-refractivity contribution in [2.45, 2.75) is 49.1 Å². The maximum Gasteiger partial charge on any atom is 0.263 e. The van der Waals surface area contributed by atoms with Gasteiger partial charge in [0.15, 0.2) is 5.16 Å². The Balaban J connectivity index is 1.60. The predicted octanol–water partition coefficient (Wildman–Crippen LogP) is 4.90. The lowest BCUT2D eigenvalue weighted by molar-refractivity contribution is -0.117. The fraction of sp³-hybridized carbons (Fsp3) is 0.269. The third-order valence-corrected chi connectivity index (χ3v) is 8.54. The number of aryl methyl sites for hydroxylation is 3. The van der Waals surface area contributed by atoms with E-state index in [0.29, 0.717) is 18.1 Å². The molecule has 0 saturated carbocycles. The van der Waals surface area contributed by atoms with E-state index in [1.165, 1.54) is 22.2 Å². The van der Waals surface area contributed by atoms with Crippen molar-refractivity contribution in [3.8, 4) is 0 Å². The highest BCUT2D eigenvalue weighted by atomic mass is 32.2. The van der Waals surface area contributed by atoms with Crippen LogP contribution in [0.1, 0.15) is 39.7 Å². The van der Waals surface area contributed by atoms with Crippen LogP contribution in [0, 0.1) is 0 Å². The van der Waals surface area contributed by atoms with Crippen molar-refractivity contribution in [1.29, 1.82) is 0 Å². The Labute approximate surface area is 200 Å². The zero-order valence-corrected chi connectivity index (χ0v) is 19.8. The Hall–Kier alpha value is -2.90. The lowest BCUT2D eigenvalue weighted by Gasteiger charge is -2.17. The minimum Gasteiger partial charge on any atom is -0.368 e. The zero-order valence-electron chi connectivity index (χ0n) is 18.2. The highest BCUT2D eigenvalue weighted by molar-refractivity contribution is 8.00. The molecule has 4 aromatic rings. The van der Waals surface area contributed by atoms with Gasteiger partial charge in [0.25, 0.3) is 5.56 Å². The molecular formula is C26H25N3O2S2. The van der Waals surface area contributed by atoms with Crippen molar-refractivity contribution in [1.82, 2.24) is 9.55 Å². The van der Waals surface area contributed by atoms with Gasteiger partial charge in [0, 0.05) is 11.4 Å². The smallest absolute Gasteiger partial charge is 0.263 e. The molecule has 0 saturated heterocycles. The summed E-state index contributed by atoms with van der Waals surface area (Å²) < 4.78 is 1.75. The summed E-state index contributed by atoms with van der Waals surface area (Å²) in [4.78, 5) is 33.2. The average molecular weight is 476 g/mol. The number of thioether (sulfide) groups is 1.